The third-order valence-corrected chi connectivity index (χ3v) is 5.24. The summed E-state index contributed by atoms with van der Waals surface area (Å²) in [4.78, 5) is 26.6. The second kappa shape index (κ2) is 8.23. The molecule has 1 aromatic carbocycles. The minimum Gasteiger partial charge on any atom is -0.497 e. The zero-order chi connectivity index (χ0) is 18.5. The lowest BCUT2D eigenvalue weighted by atomic mass is 10.0. The lowest BCUT2D eigenvalue weighted by Crippen LogP contribution is -2.45. The third kappa shape index (κ3) is 4.35. The van der Waals surface area contributed by atoms with E-state index in [1.165, 1.54) is 18.3 Å². The molecule has 2 N–H and O–H groups in total. The molecule has 0 radical (unpaired) electrons. The first-order chi connectivity index (χ1) is 12.6. The van der Waals surface area contributed by atoms with E-state index in [1.54, 1.807) is 13.2 Å². The zero-order valence-electron chi connectivity index (χ0n) is 15.0. The van der Waals surface area contributed by atoms with Crippen molar-refractivity contribution in [1.29, 1.82) is 0 Å². The lowest BCUT2D eigenvalue weighted by Gasteiger charge is -2.33. The molecule has 138 valence electrons. The van der Waals surface area contributed by atoms with Gasteiger partial charge in [-0.25, -0.2) is 0 Å². The van der Waals surface area contributed by atoms with Crippen molar-refractivity contribution in [2.75, 3.05) is 30.8 Å². The molecule has 26 heavy (non-hydrogen) atoms. The molecule has 0 unspecified atom stereocenters. The fourth-order valence-electron chi connectivity index (χ4n) is 3.11. The average molecular weight is 373 g/mol. The van der Waals surface area contributed by atoms with E-state index in [4.69, 9.17) is 4.74 Å². The Bertz CT molecular complexity index is 773. The number of thiophene rings is 1. The fraction of sp³-hybridized carbons (Fsp3) is 0.368. The van der Waals surface area contributed by atoms with Gasteiger partial charge in [0.1, 0.15) is 10.6 Å². The van der Waals surface area contributed by atoms with Gasteiger partial charge >= 0.3 is 0 Å². The van der Waals surface area contributed by atoms with Crippen LogP contribution in [0.3, 0.4) is 0 Å². The van der Waals surface area contributed by atoms with Crippen LogP contribution in [-0.2, 0) is 4.79 Å². The van der Waals surface area contributed by atoms with Gasteiger partial charge < -0.3 is 20.3 Å². The van der Waals surface area contributed by atoms with Crippen molar-refractivity contribution >= 4 is 34.5 Å². The summed E-state index contributed by atoms with van der Waals surface area (Å²) < 4.78 is 5.18. The Balaban J connectivity index is 1.65. The Morgan fingerprint density at radius 1 is 1.23 bits per heavy atom. The number of rotatable bonds is 5. The zero-order valence-corrected chi connectivity index (χ0v) is 15.8. The molecule has 2 amide bonds. The standard InChI is InChI=1S/C19H23N3O3S/c1-13(23)20-17-9-11-26-18(17)19(24)22-10-3-4-15(12-22)21-14-5-7-16(25-2)8-6-14/h5-9,11,15,21H,3-4,10,12H2,1-2H3,(H,20,23)/t15-/m0/s1. The largest absolute Gasteiger partial charge is 0.497 e. The van der Waals surface area contributed by atoms with E-state index >= 15 is 0 Å². The summed E-state index contributed by atoms with van der Waals surface area (Å²) in [6.07, 6.45) is 1.96. The number of hydrogen-bond donors (Lipinski definition) is 2. The number of anilines is 2. The van der Waals surface area contributed by atoms with E-state index in [2.05, 4.69) is 10.6 Å². The van der Waals surface area contributed by atoms with Gasteiger partial charge in [-0.2, -0.15) is 0 Å². The van der Waals surface area contributed by atoms with Gasteiger partial charge in [-0.3, -0.25) is 9.59 Å². The molecule has 6 nitrogen and oxygen atoms in total. The number of amides is 2. The summed E-state index contributed by atoms with van der Waals surface area (Å²) in [7, 11) is 1.65. The molecule has 1 atom stereocenters. The van der Waals surface area contributed by atoms with E-state index in [-0.39, 0.29) is 17.9 Å². The maximum absolute atomic E-state index is 12.9. The first-order valence-electron chi connectivity index (χ1n) is 8.62. The molecule has 0 saturated carbocycles. The minimum atomic E-state index is -0.171. The fourth-order valence-corrected chi connectivity index (χ4v) is 3.93. The monoisotopic (exact) mass is 373 g/mol. The molecular weight excluding hydrogens is 350 g/mol. The highest BCUT2D eigenvalue weighted by Crippen LogP contribution is 2.26. The molecular formula is C19H23N3O3S. The van der Waals surface area contributed by atoms with E-state index in [9.17, 15) is 9.59 Å². The Hall–Kier alpha value is -2.54. The summed E-state index contributed by atoms with van der Waals surface area (Å²) in [5, 5.41) is 8.05. The molecule has 1 aliphatic heterocycles. The van der Waals surface area contributed by atoms with Crippen LogP contribution in [0.1, 0.15) is 29.4 Å². The first kappa shape index (κ1) is 18.3. The van der Waals surface area contributed by atoms with Gasteiger partial charge in [-0.15, -0.1) is 11.3 Å². The number of hydrogen-bond acceptors (Lipinski definition) is 5. The van der Waals surface area contributed by atoms with Gasteiger partial charge in [0, 0.05) is 31.7 Å². The molecule has 1 aromatic heterocycles. The Morgan fingerprint density at radius 3 is 2.69 bits per heavy atom. The molecule has 2 heterocycles. The molecule has 1 saturated heterocycles. The van der Waals surface area contributed by atoms with Crippen LogP contribution in [0.15, 0.2) is 35.7 Å². The van der Waals surface area contributed by atoms with Crippen molar-refractivity contribution in [3.63, 3.8) is 0 Å². The predicted molar refractivity (Wildman–Crippen MR) is 104 cm³/mol. The van der Waals surface area contributed by atoms with Gasteiger partial charge in [0.15, 0.2) is 0 Å². The summed E-state index contributed by atoms with van der Waals surface area (Å²) in [5.41, 5.74) is 1.61. The van der Waals surface area contributed by atoms with Gasteiger partial charge in [0.2, 0.25) is 5.91 Å². The first-order valence-corrected chi connectivity index (χ1v) is 9.49. The number of likely N-dealkylation sites (tertiary alicyclic amines) is 1. The van der Waals surface area contributed by atoms with Crippen molar-refractivity contribution in [3.8, 4) is 5.75 Å². The second-order valence-electron chi connectivity index (χ2n) is 6.31. The van der Waals surface area contributed by atoms with Crippen LogP contribution >= 0.6 is 11.3 Å². The molecule has 7 heteroatoms. The van der Waals surface area contributed by atoms with Crippen LogP contribution in [0.2, 0.25) is 0 Å². The molecule has 0 bridgehead atoms. The SMILES string of the molecule is COc1ccc(N[C@H]2CCCN(C(=O)c3sccc3NC(C)=O)C2)cc1. The van der Waals surface area contributed by atoms with E-state index in [0.717, 1.165) is 30.8 Å². The maximum atomic E-state index is 12.9. The molecule has 1 aliphatic rings. The van der Waals surface area contributed by atoms with Gasteiger partial charge in [-0.1, -0.05) is 0 Å². The van der Waals surface area contributed by atoms with Gasteiger partial charge in [-0.05, 0) is 48.6 Å². The van der Waals surface area contributed by atoms with Gasteiger partial charge in [0.05, 0.1) is 12.8 Å². The summed E-state index contributed by atoms with van der Waals surface area (Å²) in [6, 6.07) is 9.77. The molecule has 1 fully saturated rings. The smallest absolute Gasteiger partial charge is 0.266 e. The number of carbonyl (C=O) groups excluding carboxylic acids is 2. The number of nitrogens with one attached hydrogen (secondary N) is 2. The van der Waals surface area contributed by atoms with Crippen molar-refractivity contribution in [3.05, 3.63) is 40.6 Å². The van der Waals surface area contributed by atoms with Crippen LogP contribution in [-0.4, -0.2) is 43.0 Å². The van der Waals surface area contributed by atoms with E-state index in [1.807, 2.05) is 34.5 Å². The number of benzene rings is 1. The Kier molecular flexibility index (Phi) is 5.78. The van der Waals surface area contributed by atoms with Crippen molar-refractivity contribution in [1.82, 2.24) is 4.90 Å². The number of nitrogens with zero attached hydrogens (tertiary/aromatic N) is 1. The van der Waals surface area contributed by atoms with Crippen molar-refractivity contribution in [2.45, 2.75) is 25.8 Å². The Labute approximate surface area is 157 Å². The number of carbonyl (C=O) groups is 2. The van der Waals surface area contributed by atoms with E-state index < -0.39 is 0 Å². The highest BCUT2D eigenvalue weighted by Gasteiger charge is 2.26. The summed E-state index contributed by atoms with van der Waals surface area (Å²) >= 11 is 1.36. The van der Waals surface area contributed by atoms with Crippen LogP contribution in [0, 0.1) is 0 Å². The predicted octanol–water partition coefficient (Wildman–Crippen LogP) is 3.43. The summed E-state index contributed by atoms with van der Waals surface area (Å²) in [5.74, 6) is 0.624. The average Bonchev–Trinajstić information content (AvgIpc) is 3.09. The normalized spacial score (nSPS) is 16.8. The van der Waals surface area contributed by atoms with Crippen molar-refractivity contribution in [2.24, 2.45) is 0 Å². The topological polar surface area (TPSA) is 70.7 Å². The van der Waals surface area contributed by atoms with Crippen LogP contribution in [0.5, 0.6) is 5.75 Å². The van der Waals surface area contributed by atoms with E-state index in [0.29, 0.717) is 17.1 Å². The summed E-state index contributed by atoms with van der Waals surface area (Å²) in [6.45, 7) is 2.82. The number of methoxy groups -OCH3 is 1. The second-order valence-corrected chi connectivity index (χ2v) is 7.22. The van der Waals surface area contributed by atoms with Crippen LogP contribution < -0.4 is 15.4 Å². The quantitative estimate of drug-likeness (QED) is 0.842. The van der Waals surface area contributed by atoms with Crippen molar-refractivity contribution < 1.29 is 14.3 Å². The minimum absolute atomic E-state index is 0.0232. The maximum Gasteiger partial charge on any atom is 0.266 e. The highest BCUT2D eigenvalue weighted by molar-refractivity contribution is 7.12. The number of ether oxygens (including phenoxy) is 1. The molecule has 2 aromatic rings. The molecule has 0 spiro atoms. The van der Waals surface area contributed by atoms with Gasteiger partial charge in [0.25, 0.3) is 5.91 Å². The molecule has 0 aliphatic carbocycles. The number of piperidine rings is 1. The third-order valence-electron chi connectivity index (χ3n) is 4.34. The Morgan fingerprint density at radius 2 is 2.00 bits per heavy atom. The lowest BCUT2D eigenvalue weighted by molar-refractivity contribution is -0.114. The molecule has 3 rings (SSSR count). The van der Waals surface area contributed by atoms with Crippen LogP contribution in [0.4, 0.5) is 11.4 Å². The highest BCUT2D eigenvalue weighted by atomic mass is 32.1. The van der Waals surface area contributed by atoms with Crippen LogP contribution in [0.25, 0.3) is 0 Å².